The van der Waals surface area contributed by atoms with Crippen LogP contribution in [0.1, 0.15) is 0 Å². The van der Waals surface area contributed by atoms with Crippen molar-refractivity contribution in [3.05, 3.63) is 96.1 Å². The maximum absolute atomic E-state index is 6.00. The molecule has 0 amide bonds. The first-order valence-electron chi connectivity index (χ1n) is 8.05. The second-order valence-corrected chi connectivity index (χ2v) is 6.13. The molecule has 120 valence electrons. The minimum atomic E-state index is 0.709. The zero-order chi connectivity index (χ0) is 17.1. The molecule has 1 heterocycles. The number of benzene rings is 3. The van der Waals surface area contributed by atoms with Crippen LogP contribution in [0.3, 0.4) is 0 Å². The predicted octanol–water partition coefficient (Wildman–Crippen LogP) is 6.13. The monoisotopic (exact) mass is 342 g/mol. The van der Waals surface area contributed by atoms with Crippen molar-refractivity contribution in [2.75, 3.05) is 0 Å². The third kappa shape index (κ3) is 3.30. The summed E-state index contributed by atoms with van der Waals surface area (Å²) in [7, 11) is 0. The second kappa shape index (κ2) is 6.88. The highest BCUT2D eigenvalue weighted by Gasteiger charge is 2.12. The first-order chi connectivity index (χ1) is 12.3. The van der Waals surface area contributed by atoms with Crippen LogP contribution in [0.25, 0.3) is 33.8 Å². The lowest BCUT2D eigenvalue weighted by atomic mass is 10.0. The topological polar surface area (TPSA) is 25.8 Å². The van der Waals surface area contributed by atoms with E-state index in [1.165, 1.54) is 0 Å². The van der Waals surface area contributed by atoms with Crippen LogP contribution in [0, 0.1) is 0 Å². The SMILES string of the molecule is Clc1ccc(-c2cnc(-c3ccccc3)c(-c3ccccc3)n2)cc1. The van der Waals surface area contributed by atoms with Gasteiger partial charge in [-0.25, -0.2) is 4.98 Å². The Labute approximate surface area is 151 Å². The Bertz CT molecular complexity index is 981. The summed E-state index contributed by atoms with van der Waals surface area (Å²) in [5.74, 6) is 0. The molecule has 0 N–H and O–H groups in total. The summed E-state index contributed by atoms with van der Waals surface area (Å²) in [6, 6.07) is 27.9. The Morgan fingerprint density at radius 2 is 1.12 bits per heavy atom. The fourth-order valence-corrected chi connectivity index (χ4v) is 2.88. The molecule has 0 saturated heterocycles. The first-order valence-corrected chi connectivity index (χ1v) is 8.43. The average Bonchev–Trinajstić information content (AvgIpc) is 2.69. The maximum Gasteiger partial charge on any atom is 0.0972 e. The number of nitrogens with zero attached hydrogens (tertiary/aromatic N) is 2. The molecule has 0 aliphatic heterocycles. The summed E-state index contributed by atoms with van der Waals surface area (Å²) in [6.07, 6.45) is 1.82. The molecular weight excluding hydrogens is 328 g/mol. The van der Waals surface area contributed by atoms with Crippen molar-refractivity contribution in [2.24, 2.45) is 0 Å². The molecule has 4 rings (SSSR count). The molecule has 3 aromatic carbocycles. The summed E-state index contributed by atoms with van der Waals surface area (Å²) < 4.78 is 0. The van der Waals surface area contributed by atoms with Crippen LogP contribution in [0.5, 0.6) is 0 Å². The van der Waals surface area contributed by atoms with E-state index in [9.17, 15) is 0 Å². The predicted molar refractivity (Wildman–Crippen MR) is 103 cm³/mol. The van der Waals surface area contributed by atoms with Crippen LogP contribution in [-0.4, -0.2) is 9.97 Å². The van der Waals surface area contributed by atoms with Crippen molar-refractivity contribution >= 4 is 11.6 Å². The molecule has 0 radical (unpaired) electrons. The Balaban J connectivity index is 1.90. The van der Waals surface area contributed by atoms with E-state index >= 15 is 0 Å². The highest BCUT2D eigenvalue weighted by atomic mass is 35.5. The van der Waals surface area contributed by atoms with Crippen LogP contribution in [0.4, 0.5) is 0 Å². The van der Waals surface area contributed by atoms with Gasteiger partial charge in [0.15, 0.2) is 0 Å². The second-order valence-electron chi connectivity index (χ2n) is 5.69. The van der Waals surface area contributed by atoms with Crippen molar-refractivity contribution in [2.45, 2.75) is 0 Å². The molecule has 0 unspecified atom stereocenters. The Kier molecular flexibility index (Phi) is 4.28. The van der Waals surface area contributed by atoms with E-state index in [1.54, 1.807) is 0 Å². The smallest absolute Gasteiger partial charge is 0.0972 e. The third-order valence-electron chi connectivity index (χ3n) is 4.01. The molecule has 1 aromatic heterocycles. The van der Waals surface area contributed by atoms with Crippen LogP contribution in [-0.2, 0) is 0 Å². The van der Waals surface area contributed by atoms with Gasteiger partial charge in [0.25, 0.3) is 0 Å². The van der Waals surface area contributed by atoms with Crippen LogP contribution >= 0.6 is 11.6 Å². The number of halogens is 1. The fourth-order valence-electron chi connectivity index (χ4n) is 2.75. The van der Waals surface area contributed by atoms with Crippen LogP contribution in [0.15, 0.2) is 91.1 Å². The van der Waals surface area contributed by atoms with Crippen molar-refractivity contribution < 1.29 is 0 Å². The minimum absolute atomic E-state index is 0.709. The lowest BCUT2D eigenvalue weighted by Crippen LogP contribution is -1.96. The Morgan fingerprint density at radius 1 is 0.560 bits per heavy atom. The molecule has 0 fully saturated rings. The standard InChI is InChI=1S/C22H15ClN2/c23-19-13-11-16(12-14-19)20-15-24-21(17-7-3-1-4-8-17)22(25-20)18-9-5-2-6-10-18/h1-15H. The van der Waals surface area contributed by atoms with Gasteiger partial charge in [0.05, 0.1) is 23.3 Å². The zero-order valence-electron chi connectivity index (χ0n) is 13.4. The Morgan fingerprint density at radius 3 is 1.72 bits per heavy atom. The molecule has 3 heteroatoms. The van der Waals surface area contributed by atoms with Crippen molar-refractivity contribution in [3.8, 4) is 33.8 Å². The highest BCUT2D eigenvalue weighted by molar-refractivity contribution is 6.30. The lowest BCUT2D eigenvalue weighted by Gasteiger charge is -2.11. The van der Waals surface area contributed by atoms with E-state index in [4.69, 9.17) is 21.6 Å². The number of hydrogen-bond donors (Lipinski definition) is 0. The number of rotatable bonds is 3. The molecule has 2 nitrogen and oxygen atoms in total. The molecule has 25 heavy (non-hydrogen) atoms. The summed E-state index contributed by atoms with van der Waals surface area (Å²) in [5, 5.41) is 0.709. The van der Waals surface area contributed by atoms with E-state index in [0.717, 1.165) is 33.8 Å². The van der Waals surface area contributed by atoms with Gasteiger partial charge in [-0.3, -0.25) is 4.98 Å². The summed E-state index contributed by atoms with van der Waals surface area (Å²) in [5.41, 5.74) is 5.67. The molecule has 0 bridgehead atoms. The van der Waals surface area contributed by atoms with Gasteiger partial charge in [-0.1, -0.05) is 84.4 Å². The van der Waals surface area contributed by atoms with Gasteiger partial charge in [0, 0.05) is 21.7 Å². The van der Waals surface area contributed by atoms with Gasteiger partial charge in [-0.2, -0.15) is 0 Å². The van der Waals surface area contributed by atoms with Gasteiger partial charge >= 0.3 is 0 Å². The van der Waals surface area contributed by atoms with Gasteiger partial charge in [0.1, 0.15) is 0 Å². The lowest BCUT2D eigenvalue weighted by molar-refractivity contribution is 1.21. The van der Waals surface area contributed by atoms with Gasteiger partial charge < -0.3 is 0 Å². The van der Waals surface area contributed by atoms with E-state index in [-0.39, 0.29) is 0 Å². The van der Waals surface area contributed by atoms with E-state index in [1.807, 2.05) is 66.9 Å². The van der Waals surface area contributed by atoms with Gasteiger partial charge in [-0.15, -0.1) is 0 Å². The normalized spacial score (nSPS) is 10.6. The molecule has 4 aromatic rings. The third-order valence-corrected chi connectivity index (χ3v) is 4.26. The largest absolute Gasteiger partial charge is 0.252 e. The minimum Gasteiger partial charge on any atom is -0.252 e. The molecule has 0 spiro atoms. The van der Waals surface area contributed by atoms with E-state index in [2.05, 4.69) is 24.3 Å². The molecule has 0 aliphatic carbocycles. The van der Waals surface area contributed by atoms with Crippen molar-refractivity contribution in [1.82, 2.24) is 9.97 Å². The zero-order valence-corrected chi connectivity index (χ0v) is 14.2. The summed E-state index contributed by atoms with van der Waals surface area (Å²) in [4.78, 5) is 9.64. The highest BCUT2D eigenvalue weighted by Crippen LogP contribution is 2.31. The van der Waals surface area contributed by atoms with Gasteiger partial charge in [-0.05, 0) is 12.1 Å². The van der Waals surface area contributed by atoms with E-state index in [0.29, 0.717) is 5.02 Å². The molecular formula is C22H15ClN2. The average molecular weight is 343 g/mol. The van der Waals surface area contributed by atoms with Crippen molar-refractivity contribution in [1.29, 1.82) is 0 Å². The molecule has 0 saturated carbocycles. The van der Waals surface area contributed by atoms with E-state index < -0.39 is 0 Å². The fraction of sp³-hybridized carbons (Fsp3) is 0. The number of aromatic nitrogens is 2. The quantitative estimate of drug-likeness (QED) is 0.447. The first kappa shape index (κ1) is 15.6. The Hall–Kier alpha value is -2.97. The van der Waals surface area contributed by atoms with Crippen LogP contribution in [0.2, 0.25) is 5.02 Å². The number of hydrogen-bond acceptors (Lipinski definition) is 2. The van der Waals surface area contributed by atoms with Crippen molar-refractivity contribution in [3.63, 3.8) is 0 Å². The summed E-state index contributed by atoms with van der Waals surface area (Å²) >= 11 is 6.00. The summed E-state index contributed by atoms with van der Waals surface area (Å²) in [6.45, 7) is 0. The molecule has 0 aliphatic rings. The molecule has 0 atom stereocenters. The maximum atomic E-state index is 6.00. The van der Waals surface area contributed by atoms with Gasteiger partial charge in [0.2, 0.25) is 0 Å². The van der Waals surface area contributed by atoms with Crippen LogP contribution < -0.4 is 0 Å².